The van der Waals surface area contributed by atoms with E-state index in [9.17, 15) is 28.3 Å². The second-order valence-corrected chi connectivity index (χ2v) is 21.0. The highest BCUT2D eigenvalue weighted by atomic mass is 32.2. The average molecular weight is 864 g/mol. The molecule has 12 heteroatoms. The highest BCUT2D eigenvalue weighted by Crippen LogP contribution is 2.55. The second kappa shape index (κ2) is 17.0. The predicted octanol–water partition coefficient (Wildman–Crippen LogP) is 7.63. The quantitative estimate of drug-likeness (QED) is 0.0471. The fourth-order valence-electron chi connectivity index (χ4n) is 12.1. The summed E-state index contributed by atoms with van der Waals surface area (Å²) in [5.41, 5.74) is 16.3. The number of aliphatic imine (C=N–C) groups is 1. The Bertz CT molecular complexity index is 2400. The minimum absolute atomic E-state index is 0.0583. The minimum atomic E-state index is -4.63. The number of nitrogens with two attached hydrogens (primary N) is 2. The van der Waals surface area contributed by atoms with Gasteiger partial charge in [0.15, 0.2) is 5.96 Å². The molecule has 0 unspecified atom stereocenters. The van der Waals surface area contributed by atoms with Crippen LogP contribution in [0.25, 0.3) is 0 Å². The van der Waals surface area contributed by atoms with Gasteiger partial charge in [-0.3, -0.25) is 4.55 Å². The van der Waals surface area contributed by atoms with Crippen molar-refractivity contribution >= 4 is 16.1 Å². The molecule has 3 aromatic rings. The maximum atomic E-state index is 14.1. The summed E-state index contributed by atoms with van der Waals surface area (Å²) in [5.74, 6) is 5.77. The fourth-order valence-corrected chi connectivity index (χ4v) is 13.2. The molecule has 5 heterocycles. The molecule has 1 saturated heterocycles. The molecular formula is C50H61N3O8S. The Labute approximate surface area is 365 Å². The molecule has 62 heavy (non-hydrogen) atoms. The van der Waals surface area contributed by atoms with Crippen LogP contribution in [0.3, 0.4) is 0 Å². The smallest absolute Gasteiger partial charge is 0.268 e. The molecule has 8 N–H and O–H groups in total. The summed E-state index contributed by atoms with van der Waals surface area (Å²) in [5, 5.41) is 31.7. The zero-order valence-electron chi connectivity index (χ0n) is 35.6. The van der Waals surface area contributed by atoms with Gasteiger partial charge in [0.2, 0.25) is 5.72 Å². The summed E-state index contributed by atoms with van der Waals surface area (Å²) in [6.45, 7) is 2.11. The zero-order valence-corrected chi connectivity index (χ0v) is 36.4. The zero-order chi connectivity index (χ0) is 43.4. The summed E-state index contributed by atoms with van der Waals surface area (Å²) in [6, 6.07) is 19.1. The van der Waals surface area contributed by atoms with E-state index in [4.69, 9.17) is 25.9 Å². The first-order chi connectivity index (χ1) is 29.7. The normalized spacial score (nSPS) is 32.5. The highest BCUT2D eigenvalue weighted by molar-refractivity contribution is 7.86. The van der Waals surface area contributed by atoms with Crippen LogP contribution in [-0.2, 0) is 27.0 Å². The van der Waals surface area contributed by atoms with Crippen molar-refractivity contribution in [1.29, 1.82) is 0 Å². The molecule has 3 aliphatic carbocycles. The van der Waals surface area contributed by atoms with Crippen molar-refractivity contribution < 1.29 is 37.8 Å². The molecule has 11 rings (SSSR count). The number of ether oxygens (including phenoxy) is 2. The standard InChI is InChI=1S/C50H61N3O8S/c1-30-8-9-34-25-39-15-17-41(34)43(30)28-45(62(57,58)59)44-27-36-23-35(26-40-22-31(29-54)6-5-7-33-24-38(55)14-16-42(33)47(36)60-40)46(44)32-10-12-37(13-11-32)50(61-39,53-48(51)52)21-20-49(56)18-3-2-4-19-49/h10-17,24-25,27,30-31,35,40,43-47,54-56H,2-4,6,8-9,18-23,26,28-29H2,1H3,(H4,51,52,53)(H,57,58,59)/t30-,31+,35-,40-,43+,44-,45-,46+,47-,50-/m1/s1. The van der Waals surface area contributed by atoms with Crippen molar-refractivity contribution in [1.82, 2.24) is 0 Å². The van der Waals surface area contributed by atoms with Gasteiger partial charge in [-0.05, 0) is 134 Å². The predicted molar refractivity (Wildman–Crippen MR) is 238 cm³/mol. The van der Waals surface area contributed by atoms with Crippen LogP contribution in [0.2, 0.25) is 0 Å². The van der Waals surface area contributed by atoms with Gasteiger partial charge in [0.25, 0.3) is 10.1 Å². The van der Waals surface area contributed by atoms with Gasteiger partial charge in [-0.25, -0.2) is 4.99 Å². The monoisotopic (exact) mass is 863 g/mol. The molecule has 8 aliphatic rings. The van der Waals surface area contributed by atoms with Crippen LogP contribution in [0.15, 0.2) is 77.3 Å². The number of nitrogens with zero attached hydrogens (tertiary/aromatic N) is 1. The molecular weight excluding hydrogens is 803 g/mol. The number of rotatable bonds is 6. The lowest BCUT2D eigenvalue weighted by Gasteiger charge is -2.42. The highest BCUT2D eigenvalue weighted by Gasteiger charge is 2.49. The van der Waals surface area contributed by atoms with Crippen LogP contribution >= 0.6 is 0 Å². The number of aliphatic hydroxyl groups excluding tert-OH is 1. The summed E-state index contributed by atoms with van der Waals surface area (Å²) >= 11 is 0. The Balaban J connectivity index is 1.24. The Morgan fingerprint density at radius 1 is 0.968 bits per heavy atom. The first-order valence-electron chi connectivity index (χ1n) is 22.7. The number of guanidine groups is 1. The van der Waals surface area contributed by atoms with Crippen molar-refractivity contribution in [3.8, 4) is 23.3 Å². The van der Waals surface area contributed by atoms with Gasteiger partial charge in [-0.15, -0.1) is 0 Å². The maximum Gasteiger partial charge on any atom is 0.268 e. The number of aromatic hydroxyl groups is 1. The lowest BCUT2D eigenvalue weighted by atomic mass is 9.64. The summed E-state index contributed by atoms with van der Waals surface area (Å²) in [4.78, 5) is 4.87. The van der Waals surface area contributed by atoms with Gasteiger partial charge < -0.3 is 36.3 Å². The van der Waals surface area contributed by atoms with Gasteiger partial charge in [-0.1, -0.05) is 80.5 Å². The number of phenolic OH excluding ortho intramolecular Hbond substituents is 1. The van der Waals surface area contributed by atoms with Crippen LogP contribution < -0.4 is 16.2 Å². The van der Waals surface area contributed by atoms with Gasteiger partial charge in [0, 0.05) is 42.1 Å². The van der Waals surface area contributed by atoms with Gasteiger partial charge in [0.1, 0.15) is 17.6 Å². The van der Waals surface area contributed by atoms with E-state index in [1.165, 1.54) is 0 Å². The van der Waals surface area contributed by atoms with Crippen molar-refractivity contribution in [2.75, 3.05) is 6.61 Å². The number of phenols is 1. The Morgan fingerprint density at radius 3 is 2.48 bits per heavy atom. The first-order valence-corrected chi connectivity index (χ1v) is 24.2. The van der Waals surface area contributed by atoms with E-state index in [1.54, 1.807) is 12.1 Å². The number of benzene rings is 3. The van der Waals surface area contributed by atoms with E-state index in [-0.39, 0.29) is 60.4 Å². The van der Waals surface area contributed by atoms with Gasteiger partial charge >= 0.3 is 0 Å². The lowest BCUT2D eigenvalue weighted by molar-refractivity contribution is -0.0311. The topological polar surface area (TPSA) is 198 Å². The number of hydrogen-bond acceptors (Lipinski definition) is 8. The average Bonchev–Trinajstić information content (AvgIpc) is 3.37. The van der Waals surface area contributed by atoms with Gasteiger partial charge in [0.05, 0.1) is 17.0 Å². The molecule has 11 nitrogen and oxygen atoms in total. The largest absolute Gasteiger partial charge is 0.508 e. The molecule has 10 atom stereocenters. The molecule has 10 bridgehead atoms. The number of allylic oxidation sites excluding steroid dienone is 1. The van der Waals surface area contributed by atoms with Crippen LogP contribution in [-0.4, -0.2) is 57.8 Å². The van der Waals surface area contributed by atoms with E-state index in [0.29, 0.717) is 68.2 Å². The summed E-state index contributed by atoms with van der Waals surface area (Å²) in [6.07, 6.45) is 10.4. The minimum Gasteiger partial charge on any atom is -0.508 e. The Kier molecular flexibility index (Phi) is 11.7. The fraction of sp³-hybridized carbons (Fsp3) is 0.540. The van der Waals surface area contributed by atoms with Crippen molar-refractivity contribution in [2.45, 2.75) is 137 Å². The molecule has 2 fully saturated rings. The number of hydrogen-bond donors (Lipinski definition) is 6. The van der Waals surface area contributed by atoms with E-state index >= 15 is 0 Å². The third-order valence-electron chi connectivity index (χ3n) is 15.3. The molecule has 3 aromatic carbocycles. The first kappa shape index (κ1) is 42.9. The summed E-state index contributed by atoms with van der Waals surface area (Å²) < 4.78 is 53.9. The lowest BCUT2D eigenvalue weighted by Crippen LogP contribution is -2.40. The third-order valence-corrected chi connectivity index (χ3v) is 16.5. The van der Waals surface area contributed by atoms with E-state index in [1.807, 2.05) is 48.5 Å². The van der Waals surface area contributed by atoms with E-state index in [2.05, 4.69) is 24.8 Å². The number of aliphatic hydroxyl groups is 2. The molecule has 0 aromatic heterocycles. The maximum absolute atomic E-state index is 14.1. The van der Waals surface area contributed by atoms with E-state index in [0.717, 1.165) is 59.9 Å². The Hall–Kier alpha value is -4.38. The van der Waals surface area contributed by atoms with Crippen LogP contribution in [0.1, 0.15) is 142 Å². The molecule has 0 spiro atoms. The number of aryl methyl sites for hydroxylation is 1. The summed E-state index contributed by atoms with van der Waals surface area (Å²) in [7, 11) is -4.63. The van der Waals surface area contributed by atoms with Crippen LogP contribution in [0, 0.1) is 35.5 Å². The van der Waals surface area contributed by atoms with Gasteiger partial charge in [-0.2, -0.15) is 8.42 Å². The van der Waals surface area contributed by atoms with Crippen molar-refractivity contribution in [3.63, 3.8) is 0 Å². The third kappa shape index (κ3) is 8.51. The van der Waals surface area contributed by atoms with Crippen molar-refractivity contribution in [3.05, 3.63) is 106 Å². The van der Waals surface area contributed by atoms with E-state index < -0.39 is 38.7 Å². The molecule has 1 saturated carbocycles. The Morgan fingerprint density at radius 2 is 1.74 bits per heavy atom. The van der Waals surface area contributed by atoms with Crippen molar-refractivity contribution in [2.24, 2.45) is 40.1 Å². The van der Waals surface area contributed by atoms with Crippen LogP contribution in [0.4, 0.5) is 0 Å². The molecule has 0 amide bonds. The second-order valence-electron chi connectivity index (χ2n) is 19.3. The molecule has 330 valence electrons. The molecule has 5 aliphatic heterocycles. The van der Waals surface area contributed by atoms with Crippen LogP contribution in [0.5, 0.6) is 11.5 Å². The SMILES string of the molecule is C[C@@H]1CCc2cc3ccc2[C@H]1C[C@@H](S(=O)(=O)O)[C@H]1C=C2C[C@H](C[C@H]4C[C@@H](CO)CC#Cc5cc(O)ccc5[C@@H]2O4)[C@@H]1c1ccc(cc1)[C@](CCC1(O)CCCCC1)(N=C(N)N)O3. The number of fused-ring (bicyclic) bond motifs is 9. The molecule has 0 radical (unpaired) electrons.